The van der Waals surface area contributed by atoms with Gasteiger partial charge < -0.3 is 15.0 Å². The fourth-order valence-electron chi connectivity index (χ4n) is 2.60. The van der Waals surface area contributed by atoms with Gasteiger partial charge in [0.2, 0.25) is 5.91 Å². The third kappa shape index (κ3) is 3.06. The lowest BCUT2D eigenvalue weighted by molar-refractivity contribution is -0.121. The van der Waals surface area contributed by atoms with Gasteiger partial charge in [-0.05, 0) is 24.3 Å². The smallest absolute Gasteiger partial charge is 0.231 e. The summed E-state index contributed by atoms with van der Waals surface area (Å²) in [5.41, 5.74) is 1.92. The highest BCUT2D eigenvalue weighted by Crippen LogP contribution is 2.29. The Labute approximate surface area is 130 Å². The molecule has 1 atom stereocenters. The molecule has 3 rings (SSSR count). The third-order valence-corrected chi connectivity index (χ3v) is 3.81. The van der Waals surface area contributed by atoms with Gasteiger partial charge in [-0.15, -0.1) is 0 Å². The van der Waals surface area contributed by atoms with Crippen LogP contribution in [0.4, 0.5) is 11.4 Å². The van der Waals surface area contributed by atoms with Crippen molar-refractivity contribution in [2.75, 3.05) is 29.9 Å². The molecular formula is C18H20N2O2. The number of fused-ring (bicyclic) bond motifs is 1. The van der Waals surface area contributed by atoms with Gasteiger partial charge in [0.15, 0.2) is 0 Å². The van der Waals surface area contributed by atoms with Gasteiger partial charge in [0, 0.05) is 6.54 Å². The highest BCUT2D eigenvalue weighted by atomic mass is 16.5. The molecule has 0 saturated carbocycles. The minimum atomic E-state index is -0.0517. The molecule has 0 spiro atoms. The van der Waals surface area contributed by atoms with Crippen LogP contribution in [0.1, 0.15) is 6.92 Å². The average molecular weight is 296 g/mol. The molecule has 0 bridgehead atoms. The number of carbonyl (C=O) groups excluding carboxylic acids is 1. The second-order valence-corrected chi connectivity index (χ2v) is 5.45. The van der Waals surface area contributed by atoms with Gasteiger partial charge in [-0.25, -0.2) is 0 Å². The number of hydrogen-bond donors (Lipinski definition) is 1. The second-order valence-electron chi connectivity index (χ2n) is 5.45. The lowest BCUT2D eigenvalue weighted by atomic mass is 10.1. The average Bonchev–Trinajstić information content (AvgIpc) is 2.68. The lowest BCUT2D eigenvalue weighted by Gasteiger charge is -2.24. The maximum Gasteiger partial charge on any atom is 0.231 e. The molecule has 2 aromatic rings. The first-order chi connectivity index (χ1) is 10.8. The molecule has 0 saturated heterocycles. The second kappa shape index (κ2) is 6.52. The van der Waals surface area contributed by atoms with Crippen LogP contribution in [0.25, 0.3) is 0 Å². The fourth-order valence-corrected chi connectivity index (χ4v) is 2.60. The molecule has 0 radical (unpaired) electrons. The Hall–Kier alpha value is -2.49. The van der Waals surface area contributed by atoms with E-state index in [-0.39, 0.29) is 11.8 Å². The van der Waals surface area contributed by atoms with Crippen LogP contribution in [-0.4, -0.2) is 25.6 Å². The van der Waals surface area contributed by atoms with Crippen LogP contribution in [0.15, 0.2) is 54.6 Å². The number of hydrogen-bond acceptors (Lipinski definition) is 3. The highest BCUT2D eigenvalue weighted by Gasteiger charge is 2.26. The van der Waals surface area contributed by atoms with E-state index in [1.165, 1.54) is 0 Å². The summed E-state index contributed by atoms with van der Waals surface area (Å²) in [4.78, 5) is 14.4. The summed E-state index contributed by atoms with van der Waals surface area (Å²) >= 11 is 0. The number of benzene rings is 2. The Bertz CT molecular complexity index is 643. The van der Waals surface area contributed by atoms with Crippen LogP contribution in [-0.2, 0) is 4.79 Å². The lowest BCUT2D eigenvalue weighted by Crippen LogP contribution is -2.38. The monoisotopic (exact) mass is 296 g/mol. The van der Waals surface area contributed by atoms with E-state index in [0.29, 0.717) is 19.7 Å². The van der Waals surface area contributed by atoms with E-state index in [9.17, 15) is 4.79 Å². The number of rotatable bonds is 4. The summed E-state index contributed by atoms with van der Waals surface area (Å²) in [6.45, 7) is 3.62. The van der Waals surface area contributed by atoms with Gasteiger partial charge >= 0.3 is 0 Å². The Kier molecular flexibility index (Phi) is 4.28. The van der Waals surface area contributed by atoms with Crippen molar-refractivity contribution >= 4 is 17.3 Å². The Morgan fingerprint density at radius 2 is 1.86 bits per heavy atom. The number of amides is 1. The molecule has 0 aliphatic carbocycles. The van der Waals surface area contributed by atoms with Crippen LogP contribution in [0.3, 0.4) is 0 Å². The molecule has 1 N–H and O–H groups in total. The van der Waals surface area contributed by atoms with Crippen LogP contribution >= 0.6 is 0 Å². The van der Waals surface area contributed by atoms with Gasteiger partial charge in [-0.2, -0.15) is 0 Å². The SMILES string of the molecule is CC1CNc2ccccc2N(CCOc2ccccc2)C1=O. The highest BCUT2D eigenvalue weighted by molar-refractivity contribution is 5.99. The Morgan fingerprint density at radius 1 is 1.14 bits per heavy atom. The molecule has 114 valence electrons. The van der Waals surface area contributed by atoms with Crippen molar-refractivity contribution in [3.05, 3.63) is 54.6 Å². The van der Waals surface area contributed by atoms with E-state index in [2.05, 4.69) is 5.32 Å². The van der Waals surface area contributed by atoms with E-state index >= 15 is 0 Å². The largest absolute Gasteiger partial charge is 0.492 e. The summed E-state index contributed by atoms with van der Waals surface area (Å²) in [7, 11) is 0. The van der Waals surface area contributed by atoms with Crippen molar-refractivity contribution < 1.29 is 9.53 Å². The summed E-state index contributed by atoms with van der Waals surface area (Å²) in [5, 5.41) is 3.34. The van der Waals surface area contributed by atoms with Gasteiger partial charge in [-0.1, -0.05) is 37.3 Å². The minimum Gasteiger partial charge on any atom is -0.492 e. The summed E-state index contributed by atoms with van der Waals surface area (Å²) in [6, 6.07) is 17.6. The maximum absolute atomic E-state index is 12.6. The van der Waals surface area contributed by atoms with Crippen molar-refractivity contribution in [1.82, 2.24) is 0 Å². The number of nitrogens with one attached hydrogen (secondary N) is 1. The molecule has 22 heavy (non-hydrogen) atoms. The van der Waals surface area contributed by atoms with E-state index in [0.717, 1.165) is 17.1 Å². The summed E-state index contributed by atoms with van der Waals surface area (Å²) in [5.74, 6) is 0.905. The van der Waals surface area contributed by atoms with Crippen LogP contribution in [0, 0.1) is 5.92 Å². The van der Waals surface area contributed by atoms with Crippen LogP contribution in [0.2, 0.25) is 0 Å². The maximum atomic E-state index is 12.6. The molecule has 1 heterocycles. The van der Waals surface area contributed by atoms with Crippen molar-refractivity contribution in [2.24, 2.45) is 5.92 Å². The zero-order chi connectivity index (χ0) is 15.4. The third-order valence-electron chi connectivity index (χ3n) is 3.81. The molecule has 1 aliphatic heterocycles. The first-order valence-electron chi connectivity index (χ1n) is 7.58. The van der Waals surface area contributed by atoms with E-state index < -0.39 is 0 Å². The normalized spacial score (nSPS) is 17.4. The summed E-state index contributed by atoms with van der Waals surface area (Å²) < 4.78 is 5.73. The number of nitrogens with zero attached hydrogens (tertiary/aromatic N) is 1. The Morgan fingerprint density at radius 3 is 2.68 bits per heavy atom. The molecule has 1 unspecified atom stereocenters. The zero-order valence-corrected chi connectivity index (χ0v) is 12.7. The topological polar surface area (TPSA) is 41.6 Å². The quantitative estimate of drug-likeness (QED) is 0.942. The first kappa shape index (κ1) is 14.4. The van der Waals surface area contributed by atoms with Crippen LogP contribution in [0.5, 0.6) is 5.75 Å². The number of para-hydroxylation sites is 3. The van der Waals surface area contributed by atoms with Gasteiger partial charge in [-0.3, -0.25) is 4.79 Å². The van der Waals surface area contributed by atoms with Crippen molar-refractivity contribution in [1.29, 1.82) is 0 Å². The molecule has 2 aromatic carbocycles. The first-order valence-corrected chi connectivity index (χ1v) is 7.58. The minimum absolute atomic E-state index is 0.0517. The zero-order valence-electron chi connectivity index (χ0n) is 12.7. The molecule has 1 amide bonds. The molecule has 0 aromatic heterocycles. The van der Waals surface area contributed by atoms with Crippen molar-refractivity contribution in [2.45, 2.75) is 6.92 Å². The fraction of sp³-hybridized carbons (Fsp3) is 0.278. The summed E-state index contributed by atoms with van der Waals surface area (Å²) in [6.07, 6.45) is 0. The number of ether oxygens (including phenoxy) is 1. The van der Waals surface area contributed by atoms with E-state index in [4.69, 9.17) is 4.74 Å². The molecule has 0 fully saturated rings. The number of anilines is 2. The van der Waals surface area contributed by atoms with Crippen molar-refractivity contribution in [3.63, 3.8) is 0 Å². The number of carbonyl (C=O) groups is 1. The predicted octanol–water partition coefficient (Wildman–Crippen LogP) is 3.16. The Balaban J connectivity index is 1.74. The molecule has 4 heteroatoms. The predicted molar refractivity (Wildman–Crippen MR) is 88.4 cm³/mol. The van der Waals surface area contributed by atoms with E-state index in [1.54, 1.807) is 0 Å². The standard InChI is InChI=1S/C18H20N2O2/c1-14-13-19-16-9-5-6-10-17(16)20(18(14)21)11-12-22-15-7-3-2-4-8-15/h2-10,14,19H,11-13H2,1H3. The molecule has 4 nitrogen and oxygen atoms in total. The van der Waals surface area contributed by atoms with Crippen LogP contribution < -0.4 is 15.0 Å². The van der Waals surface area contributed by atoms with Gasteiger partial charge in [0.1, 0.15) is 12.4 Å². The van der Waals surface area contributed by atoms with E-state index in [1.807, 2.05) is 66.4 Å². The molecular weight excluding hydrogens is 276 g/mol. The molecule has 1 aliphatic rings. The van der Waals surface area contributed by atoms with Gasteiger partial charge in [0.05, 0.1) is 23.8 Å². The van der Waals surface area contributed by atoms with Gasteiger partial charge in [0.25, 0.3) is 0 Å². The van der Waals surface area contributed by atoms with Crippen molar-refractivity contribution in [3.8, 4) is 5.75 Å².